The first-order valence-corrected chi connectivity index (χ1v) is 4.49. The average Bonchev–Trinajstić information content (AvgIpc) is 2.16. The summed E-state index contributed by atoms with van der Waals surface area (Å²) < 4.78 is 21.0. The van der Waals surface area contributed by atoms with Gasteiger partial charge in [0.05, 0.1) is 16.2 Å². The van der Waals surface area contributed by atoms with E-state index >= 15 is 0 Å². The van der Waals surface area contributed by atoms with Crippen molar-refractivity contribution in [2.24, 2.45) is 0 Å². The van der Waals surface area contributed by atoms with Gasteiger partial charge in [-0.3, -0.25) is 10.1 Å². The number of diazo groups is 1. The molecule has 0 radical (unpaired) electrons. The summed E-state index contributed by atoms with van der Waals surface area (Å²) in [5.41, 5.74) is -0.668. The summed E-state index contributed by atoms with van der Waals surface area (Å²) >= 11 is 0. The highest BCUT2D eigenvalue weighted by Gasteiger charge is 2.32. The molecule has 1 aliphatic rings. The van der Waals surface area contributed by atoms with Crippen molar-refractivity contribution in [2.75, 3.05) is 0 Å². The van der Waals surface area contributed by atoms with Gasteiger partial charge in [-0.1, -0.05) is 0 Å². The van der Waals surface area contributed by atoms with Gasteiger partial charge in [-0.25, -0.2) is 0 Å². The molecule has 1 rings (SSSR count). The molecule has 7 nitrogen and oxygen atoms in total. The Balaban J connectivity index is 3.30. The van der Waals surface area contributed by atoms with E-state index in [1.165, 1.54) is 0 Å². The van der Waals surface area contributed by atoms with E-state index in [2.05, 4.69) is 4.98 Å². The molecule has 0 aliphatic heterocycles. The molecule has 0 N–H and O–H groups in total. The van der Waals surface area contributed by atoms with Gasteiger partial charge in [-0.2, -0.15) is 8.42 Å². The van der Waals surface area contributed by atoms with Gasteiger partial charge in [0.25, 0.3) is 0 Å². The van der Waals surface area contributed by atoms with E-state index in [-0.39, 0.29) is 17.0 Å². The first-order valence-electron chi connectivity index (χ1n) is 3.42. The minimum absolute atomic E-state index is 0.107. The van der Waals surface area contributed by atoms with Crippen LogP contribution in [0.4, 0.5) is 0 Å². The fourth-order valence-corrected chi connectivity index (χ4v) is 1.38. The first-order chi connectivity index (χ1) is 6.56. The van der Waals surface area contributed by atoms with Gasteiger partial charge in [0.15, 0.2) is 4.98 Å². The quantitative estimate of drug-likeness (QED) is 0.271. The molecule has 72 valence electrons. The van der Waals surface area contributed by atoms with Crippen LogP contribution in [0.2, 0.25) is 0 Å². The maximum atomic E-state index is 10.5. The summed E-state index contributed by atoms with van der Waals surface area (Å²) in [6, 6.07) is 0. The molecule has 0 spiro atoms. The van der Waals surface area contributed by atoms with Crippen molar-refractivity contribution < 1.29 is 13.3 Å². The number of nitrogens with zero attached hydrogens (tertiary/aromatic N) is 3. The molecule has 0 amide bonds. The average molecular weight is 214 g/mol. The van der Waals surface area contributed by atoms with E-state index in [1.807, 2.05) is 0 Å². The molecule has 0 saturated carbocycles. The summed E-state index contributed by atoms with van der Waals surface area (Å²) in [5.74, 6) is 0. The van der Waals surface area contributed by atoms with Crippen LogP contribution in [0, 0.1) is 15.5 Å². The normalized spacial score (nSPS) is 15.2. The zero-order valence-electron chi connectivity index (χ0n) is 6.74. The second-order valence-corrected chi connectivity index (χ2v) is 3.39. The Morgan fingerprint density at radius 3 is 2.57 bits per heavy atom. The van der Waals surface area contributed by atoms with Crippen LogP contribution in [0.1, 0.15) is 6.42 Å². The van der Waals surface area contributed by atoms with Crippen molar-refractivity contribution in [3.8, 4) is 0 Å². The summed E-state index contributed by atoms with van der Waals surface area (Å²) in [6.07, 6.45) is 1.87. The fourth-order valence-electron chi connectivity index (χ4n) is 0.946. The molecule has 0 aromatic rings. The number of hydrogen-bond donors (Lipinski definition) is 0. The van der Waals surface area contributed by atoms with Crippen molar-refractivity contribution in [1.29, 1.82) is 5.39 Å². The maximum absolute atomic E-state index is 10.5. The Kier molecular flexibility index (Phi) is 2.73. The predicted molar refractivity (Wildman–Crippen MR) is 46.8 cm³/mol. The Bertz CT molecular complexity index is 512. The lowest BCUT2D eigenvalue weighted by Gasteiger charge is -1.96. The standard InChI is InChI=1S/C6H4N3O4S/c7-8-5-2-1-4(14(12)13)3-6(5)9(10)11/h1-2H,3H2/q+1. The molecule has 0 fully saturated rings. The van der Waals surface area contributed by atoms with Gasteiger partial charge >= 0.3 is 11.4 Å². The number of hydrogen-bond acceptors (Lipinski definition) is 5. The zero-order chi connectivity index (χ0) is 10.7. The lowest BCUT2D eigenvalue weighted by Crippen LogP contribution is -2.11. The largest absolute Gasteiger partial charge is 0.457 e. The topological polar surface area (TPSA) is 105 Å². The SMILES string of the molecule is N#[N+]C1=C([N+](=O)[O-])CC(=S(=O)=O)C=C1. The monoisotopic (exact) mass is 214 g/mol. The van der Waals surface area contributed by atoms with Crippen LogP contribution in [0.5, 0.6) is 0 Å². The lowest BCUT2D eigenvalue weighted by atomic mass is 10.1. The Labute approximate surface area is 79.7 Å². The van der Waals surface area contributed by atoms with Crippen LogP contribution in [0.3, 0.4) is 0 Å². The van der Waals surface area contributed by atoms with E-state index in [1.54, 1.807) is 0 Å². The third kappa shape index (κ3) is 1.83. The van der Waals surface area contributed by atoms with Crippen molar-refractivity contribution in [1.82, 2.24) is 0 Å². The summed E-state index contributed by atoms with van der Waals surface area (Å²) in [4.78, 5) is 12.2. The Morgan fingerprint density at radius 1 is 1.50 bits per heavy atom. The van der Waals surface area contributed by atoms with Gasteiger partial charge in [0.1, 0.15) is 0 Å². The van der Waals surface area contributed by atoms with Gasteiger partial charge in [0, 0.05) is 6.08 Å². The minimum Gasteiger partial charge on any atom is -0.258 e. The second-order valence-electron chi connectivity index (χ2n) is 2.40. The van der Waals surface area contributed by atoms with Gasteiger partial charge in [-0.05, 0) is 6.08 Å². The maximum Gasteiger partial charge on any atom is 0.457 e. The van der Waals surface area contributed by atoms with Crippen molar-refractivity contribution >= 4 is 15.2 Å². The molecule has 0 bridgehead atoms. The van der Waals surface area contributed by atoms with Gasteiger partial charge in [-0.15, -0.1) is 0 Å². The summed E-state index contributed by atoms with van der Waals surface area (Å²) in [7, 11) is -2.49. The second kappa shape index (κ2) is 3.80. The molecule has 14 heavy (non-hydrogen) atoms. The van der Waals surface area contributed by atoms with Gasteiger partial charge < -0.3 is 0 Å². The Hall–Kier alpha value is -2.01. The number of nitro groups is 1. The van der Waals surface area contributed by atoms with Gasteiger partial charge in [0.2, 0.25) is 15.7 Å². The predicted octanol–water partition coefficient (Wildman–Crippen LogP) is 0.339. The molecule has 1 aliphatic carbocycles. The zero-order valence-corrected chi connectivity index (χ0v) is 7.56. The van der Waals surface area contributed by atoms with E-state index in [9.17, 15) is 18.5 Å². The van der Waals surface area contributed by atoms with Crippen LogP contribution in [0.25, 0.3) is 4.98 Å². The summed E-state index contributed by atoms with van der Waals surface area (Å²) in [5, 5.41) is 18.8. The molecular formula is C6H4N3O4S+. The molecule has 0 atom stereocenters. The molecule has 0 heterocycles. The molecule has 0 aromatic carbocycles. The van der Waals surface area contributed by atoms with Crippen LogP contribution in [-0.2, 0) is 10.3 Å². The Morgan fingerprint density at radius 2 is 2.14 bits per heavy atom. The van der Waals surface area contributed by atoms with E-state index in [0.717, 1.165) is 12.2 Å². The third-order valence-corrected chi connectivity index (χ3v) is 2.32. The molecule has 0 saturated heterocycles. The molecule has 0 aromatic heterocycles. The van der Waals surface area contributed by atoms with Crippen LogP contribution in [-0.4, -0.2) is 18.2 Å². The van der Waals surface area contributed by atoms with Crippen LogP contribution in [0.15, 0.2) is 23.5 Å². The molecule has 0 unspecified atom stereocenters. The van der Waals surface area contributed by atoms with E-state index in [0.29, 0.717) is 0 Å². The highest BCUT2D eigenvalue weighted by atomic mass is 32.2. The van der Waals surface area contributed by atoms with Crippen LogP contribution < -0.4 is 0 Å². The number of rotatable bonds is 1. The minimum atomic E-state index is -2.49. The molecular weight excluding hydrogens is 210 g/mol. The molecule has 8 heteroatoms. The summed E-state index contributed by atoms with van der Waals surface area (Å²) in [6.45, 7) is 0. The highest BCUT2D eigenvalue weighted by molar-refractivity contribution is 7.73. The number of allylic oxidation sites excluding steroid dienone is 3. The van der Waals surface area contributed by atoms with Crippen molar-refractivity contribution in [2.45, 2.75) is 6.42 Å². The van der Waals surface area contributed by atoms with E-state index in [4.69, 9.17) is 5.39 Å². The first kappa shape index (κ1) is 10.1. The third-order valence-electron chi connectivity index (χ3n) is 1.61. The van der Waals surface area contributed by atoms with Crippen molar-refractivity contribution in [3.63, 3.8) is 0 Å². The highest BCUT2D eigenvalue weighted by Crippen LogP contribution is 2.18. The fraction of sp³-hybridized carbons (Fsp3) is 0.167. The smallest absolute Gasteiger partial charge is 0.258 e. The van der Waals surface area contributed by atoms with Crippen LogP contribution >= 0.6 is 0 Å². The van der Waals surface area contributed by atoms with E-state index < -0.39 is 20.9 Å². The lowest BCUT2D eigenvalue weighted by molar-refractivity contribution is -0.426. The van der Waals surface area contributed by atoms with Crippen molar-refractivity contribution in [3.05, 3.63) is 38.6 Å².